The summed E-state index contributed by atoms with van der Waals surface area (Å²) >= 11 is 1.56. The van der Waals surface area contributed by atoms with E-state index >= 15 is 0 Å². The predicted molar refractivity (Wildman–Crippen MR) is 123 cm³/mol. The molecule has 0 unspecified atom stereocenters. The van der Waals surface area contributed by atoms with Crippen molar-refractivity contribution in [3.8, 4) is 0 Å². The van der Waals surface area contributed by atoms with Crippen LogP contribution in [-0.4, -0.2) is 50.1 Å². The lowest BCUT2D eigenvalue weighted by Crippen LogP contribution is -2.46. The summed E-state index contributed by atoms with van der Waals surface area (Å²) in [5.74, 6) is -0.573. The summed E-state index contributed by atoms with van der Waals surface area (Å²) in [6.45, 7) is 5.12. The van der Waals surface area contributed by atoms with Crippen molar-refractivity contribution in [3.05, 3.63) is 64.8 Å². The minimum absolute atomic E-state index is 0.212. The van der Waals surface area contributed by atoms with Crippen molar-refractivity contribution in [1.29, 1.82) is 0 Å². The molecular formula is C24H25F4N3OS. The molecular weight excluding hydrogens is 454 g/mol. The van der Waals surface area contributed by atoms with Crippen LogP contribution in [0.5, 0.6) is 0 Å². The maximum atomic E-state index is 13.4. The van der Waals surface area contributed by atoms with Gasteiger partial charge in [-0.2, -0.15) is 13.2 Å². The van der Waals surface area contributed by atoms with Crippen LogP contribution in [0.15, 0.2) is 47.8 Å². The van der Waals surface area contributed by atoms with Crippen molar-refractivity contribution in [2.45, 2.75) is 19.0 Å². The van der Waals surface area contributed by atoms with Crippen LogP contribution < -0.4 is 10.2 Å². The number of rotatable bonds is 7. The predicted octanol–water partition coefficient (Wildman–Crippen LogP) is 5.39. The Labute approximate surface area is 193 Å². The van der Waals surface area contributed by atoms with Gasteiger partial charge in [-0.1, -0.05) is 0 Å². The Morgan fingerprint density at radius 2 is 1.73 bits per heavy atom. The molecule has 1 N–H and O–H groups in total. The van der Waals surface area contributed by atoms with Gasteiger partial charge in [-0.05, 0) is 61.9 Å². The SMILES string of the molecule is O=C(NCCCCN1CCN(c2csc3cc(F)ccc23)CC1)c1ccc(C(F)(F)F)cc1. The van der Waals surface area contributed by atoms with Crippen LogP contribution in [-0.2, 0) is 6.18 Å². The second-order valence-corrected chi connectivity index (χ2v) is 9.04. The number of alkyl halides is 3. The zero-order valence-corrected chi connectivity index (χ0v) is 18.8. The molecule has 1 saturated heterocycles. The first-order valence-electron chi connectivity index (χ1n) is 10.9. The Hall–Kier alpha value is -2.65. The van der Waals surface area contributed by atoms with E-state index in [-0.39, 0.29) is 17.3 Å². The monoisotopic (exact) mass is 479 g/mol. The fourth-order valence-electron chi connectivity index (χ4n) is 4.02. The van der Waals surface area contributed by atoms with Gasteiger partial charge in [0.1, 0.15) is 5.82 Å². The van der Waals surface area contributed by atoms with Gasteiger partial charge >= 0.3 is 6.18 Å². The standard InChI is InChI=1S/C24H25F4N3OS/c25-19-7-8-20-21(16-33-22(20)15-19)31-13-11-30(12-14-31)10-2-1-9-29-23(32)17-3-5-18(6-4-17)24(26,27)28/h3-8,15-16H,1-2,9-14H2,(H,29,32). The van der Waals surface area contributed by atoms with E-state index in [1.165, 1.54) is 23.9 Å². The molecule has 2 aromatic carbocycles. The summed E-state index contributed by atoms with van der Waals surface area (Å²) in [6.07, 6.45) is -2.68. The van der Waals surface area contributed by atoms with Gasteiger partial charge in [0.25, 0.3) is 5.91 Å². The molecule has 0 bridgehead atoms. The van der Waals surface area contributed by atoms with Crippen LogP contribution in [0.25, 0.3) is 10.1 Å². The first-order chi connectivity index (χ1) is 15.8. The van der Waals surface area contributed by atoms with Crippen molar-refractivity contribution in [1.82, 2.24) is 10.2 Å². The van der Waals surface area contributed by atoms with Gasteiger partial charge in [0.2, 0.25) is 0 Å². The molecule has 33 heavy (non-hydrogen) atoms. The maximum absolute atomic E-state index is 13.4. The minimum Gasteiger partial charge on any atom is -0.368 e. The van der Waals surface area contributed by atoms with E-state index in [9.17, 15) is 22.4 Å². The second kappa shape index (κ2) is 10.1. The number of anilines is 1. The molecule has 0 saturated carbocycles. The summed E-state index contributed by atoms with van der Waals surface area (Å²) in [5, 5.41) is 5.96. The van der Waals surface area contributed by atoms with E-state index in [1.54, 1.807) is 17.4 Å². The van der Waals surface area contributed by atoms with Crippen molar-refractivity contribution < 1.29 is 22.4 Å². The van der Waals surface area contributed by atoms with Gasteiger partial charge < -0.3 is 10.2 Å². The third-order valence-corrected chi connectivity index (χ3v) is 6.82. The van der Waals surface area contributed by atoms with Crippen LogP contribution in [0.4, 0.5) is 23.2 Å². The normalized spacial score (nSPS) is 15.2. The number of benzene rings is 2. The number of hydrogen-bond acceptors (Lipinski definition) is 4. The topological polar surface area (TPSA) is 35.6 Å². The largest absolute Gasteiger partial charge is 0.416 e. The molecule has 9 heteroatoms. The Balaban J connectivity index is 1.15. The van der Waals surface area contributed by atoms with Crippen LogP contribution in [0.2, 0.25) is 0 Å². The highest BCUT2D eigenvalue weighted by molar-refractivity contribution is 7.17. The Kier molecular flexibility index (Phi) is 7.19. The Bertz CT molecular complexity index is 1090. The van der Waals surface area contributed by atoms with Crippen molar-refractivity contribution >= 4 is 33.0 Å². The summed E-state index contributed by atoms with van der Waals surface area (Å²) in [6, 6.07) is 9.18. The number of unbranched alkanes of at least 4 members (excludes halogenated alkanes) is 1. The molecule has 176 valence electrons. The molecule has 1 amide bonds. The summed E-state index contributed by atoms with van der Waals surface area (Å²) in [7, 11) is 0. The van der Waals surface area contributed by atoms with Crippen LogP contribution >= 0.6 is 11.3 Å². The van der Waals surface area contributed by atoms with E-state index in [1.807, 2.05) is 6.07 Å². The van der Waals surface area contributed by atoms with E-state index < -0.39 is 11.7 Å². The number of nitrogens with one attached hydrogen (secondary N) is 1. The fraction of sp³-hybridized carbons (Fsp3) is 0.375. The first kappa shape index (κ1) is 23.5. The average molecular weight is 480 g/mol. The van der Waals surface area contributed by atoms with Crippen LogP contribution in [0.3, 0.4) is 0 Å². The third-order valence-electron chi connectivity index (χ3n) is 5.89. The molecule has 0 aliphatic carbocycles. The summed E-state index contributed by atoms with van der Waals surface area (Å²) < 4.78 is 52.2. The molecule has 1 fully saturated rings. The van der Waals surface area contributed by atoms with E-state index in [0.29, 0.717) is 6.54 Å². The van der Waals surface area contributed by atoms with E-state index in [0.717, 1.165) is 67.8 Å². The average Bonchev–Trinajstić information content (AvgIpc) is 3.21. The lowest BCUT2D eigenvalue weighted by molar-refractivity contribution is -0.137. The summed E-state index contributed by atoms with van der Waals surface area (Å²) in [4.78, 5) is 16.8. The molecule has 1 aliphatic heterocycles. The number of carbonyl (C=O) groups is 1. The van der Waals surface area contributed by atoms with Gasteiger partial charge in [-0.3, -0.25) is 9.69 Å². The van der Waals surface area contributed by atoms with E-state index in [2.05, 4.69) is 20.5 Å². The Morgan fingerprint density at radius 1 is 1.00 bits per heavy atom. The number of carbonyl (C=O) groups excluding carboxylic acids is 1. The maximum Gasteiger partial charge on any atom is 0.416 e. The van der Waals surface area contributed by atoms with Gasteiger partial charge in [0.05, 0.1) is 11.3 Å². The molecule has 3 aromatic rings. The van der Waals surface area contributed by atoms with Gasteiger partial charge in [0.15, 0.2) is 0 Å². The highest BCUT2D eigenvalue weighted by atomic mass is 32.1. The molecule has 1 aromatic heterocycles. The molecule has 0 atom stereocenters. The van der Waals surface area contributed by atoms with Crippen molar-refractivity contribution in [3.63, 3.8) is 0 Å². The number of thiophene rings is 1. The third kappa shape index (κ3) is 5.83. The number of hydrogen-bond donors (Lipinski definition) is 1. The summed E-state index contributed by atoms with van der Waals surface area (Å²) in [5.41, 5.74) is 0.628. The lowest BCUT2D eigenvalue weighted by Gasteiger charge is -2.35. The lowest BCUT2D eigenvalue weighted by atomic mass is 10.1. The van der Waals surface area contributed by atoms with Crippen molar-refractivity contribution in [2.75, 3.05) is 44.2 Å². The molecule has 0 radical (unpaired) electrons. The minimum atomic E-state index is -4.41. The zero-order chi connectivity index (χ0) is 23.4. The fourth-order valence-corrected chi connectivity index (χ4v) is 5.02. The number of piperazine rings is 1. The Morgan fingerprint density at radius 3 is 2.42 bits per heavy atom. The molecule has 1 aliphatic rings. The molecule has 2 heterocycles. The van der Waals surface area contributed by atoms with Crippen molar-refractivity contribution in [2.24, 2.45) is 0 Å². The quantitative estimate of drug-likeness (QED) is 0.365. The van der Waals surface area contributed by atoms with Crippen LogP contribution in [0.1, 0.15) is 28.8 Å². The highest BCUT2D eigenvalue weighted by Crippen LogP contribution is 2.34. The first-order valence-corrected chi connectivity index (χ1v) is 11.8. The number of nitrogens with zero attached hydrogens (tertiary/aromatic N) is 2. The number of amides is 1. The van der Waals surface area contributed by atoms with Crippen LogP contribution in [0, 0.1) is 5.82 Å². The smallest absolute Gasteiger partial charge is 0.368 e. The van der Waals surface area contributed by atoms with Gasteiger partial charge in [-0.15, -0.1) is 11.3 Å². The second-order valence-electron chi connectivity index (χ2n) is 8.13. The van der Waals surface area contributed by atoms with Gasteiger partial charge in [0, 0.05) is 53.8 Å². The number of fused-ring (bicyclic) bond motifs is 1. The number of halogens is 4. The van der Waals surface area contributed by atoms with E-state index in [4.69, 9.17) is 0 Å². The molecule has 4 rings (SSSR count). The zero-order valence-electron chi connectivity index (χ0n) is 18.0. The van der Waals surface area contributed by atoms with Gasteiger partial charge in [-0.25, -0.2) is 4.39 Å². The molecule has 0 spiro atoms. The molecule has 4 nitrogen and oxygen atoms in total. The highest BCUT2D eigenvalue weighted by Gasteiger charge is 2.30.